The summed E-state index contributed by atoms with van der Waals surface area (Å²) in [6, 6.07) is 12.1. The van der Waals surface area contributed by atoms with Crippen molar-refractivity contribution in [2.24, 2.45) is 0 Å². The van der Waals surface area contributed by atoms with Gasteiger partial charge in [-0.2, -0.15) is 0 Å². The third-order valence-electron chi connectivity index (χ3n) is 4.91. The summed E-state index contributed by atoms with van der Waals surface area (Å²) in [5.41, 5.74) is 1.64. The smallest absolute Gasteiger partial charge is 0.259 e. The maximum absolute atomic E-state index is 12.5. The number of anilines is 1. The van der Waals surface area contributed by atoms with Gasteiger partial charge in [-0.1, -0.05) is 6.07 Å². The Morgan fingerprint density at radius 2 is 1.90 bits per heavy atom. The Kier molecular flexibility index (Phi) is 6.07. The van der Waals surface area contributed by atoms with Crippen molar-refractivity contribution < 1.29 is 19.4 Å². The zero-order valence-corrected chi connectivity index (χ0v) is 16.8. The molecule has 0 aliphatic rings. The molecule has 0 spiro atoms. The average Bonchev–Trinajstić information content (AvgIpc) is 3.11. The summed E-state index contributed by atoms with van der Waals surface area (Å²) in [4.78, 5) is 26.7. The van der Waals surface area contributed by atoms with Gasteiger partial charge in [0.05, 0.1) is 12.7 Å². The van der Waals surface area contributed by atoms with Gasteiger partial charge in [0.2, 0.25) is 5.91 Å². The molecule has 7 heteroatoms. The number of nitrogens with zero attached hydrogens (tertiary/aromatic N) is 2. The Morgan fingerprint density at radius 3 is 2.59 bits per heavy atom. The van der Waals surface area contributed by atoms with E-state index in [1.165, 1.54) is 13.2 Å². The van der Waals surface area contributed by atoms with Gasteiger partial charge in [-0.25, -0.2) is 0 Å². The van der Waals surface area contributed by atoms with Gasteiger partial charge in [0, 0.05) is 35.9 Å². The van der Waals surface area contributed by atoms with Crippen molar-refractivity contribution in [2.75, 3.05) is 25.5 Å². The van der Waals surface area contributed by atoms with Crippen LogP contribution in [-0.4, -0.2) is 46.6 Å². The Bertz CT molecular complexity index is 1040. The van der Waals surface area contributed by atoms with Crippen LogP contribution in [0.5, 0.6) is 11.5 Å². The summed E-state index contributed by atoms with van der Waals surface area (Å²) in [5, 5.41) is 13.9. The molecule has 7 nitrogen and oxygen atoms in total. The van der Waals surface area contributed by atoms with E-state index >= 15 is 0 Å². The highest BCUT2D eigenvalue weighted by molar-refractivity contribution is 6.07. The molecule has 0 aliphatic carbocycles. The Morgan fingerprint density at radius 1 is 1.14 bits per heavy atom. The van der Waals surface area contributed by atoms with Crippen LogP contribution in [0.25, 0.3) is 10.9 Å². The van der Waals surface area contributed by atoms with E-state index in [0.29, 0.717) is 18.8 Å². The van der Waals surface area contributed by atoms with E-state index in [4.69, 9.17) is 4.74 Å². The lowest BCUT2D eigenvalue weighted by molar-refractivity contribution is -0.131. The van der Waals surface area contributed by atoms with Crippen LogP contribution in [0.3, 0.4) is 0 Å². The minimum Gasteiger partial charge on any atom is -0.504 e. The summed E-state index contributed by atoms with van der Waals surface area (Å²) in [5.74, 6) is -0.326. The monoisotopic (exact) mass is 395 g/mol. The van der Waals surface area contributed by atoms with Gasteiger partial charge < -0.3 is 24.6 Å². The second-order valence-electron chi connectivity index (χ2n) is 6.59. The fraction of sp³-hybridized carbons (Fsp3) is 0.273. The van der Waals surface area contributed by atoms with E-state index in [1.54, 1.807) is 23.1 Å². The number of rotatable bonds is 7. The molecule has 0 aliphatic heterocycles. The molecule has 0 atom stereocenters. The second kappa shape index (κ2) is 8.68. The summed E-state index contributed by atoms with van der Waals surface area (Å²) in [6.07, 6.45) is 1.87. The standard InChI is InChI=1S/C22H25N3O4/c1-4-24(5-2)20(26)14-25-12-11-15-13-16(9-10-18(15)25)23-22(28)17-7-6-8-19(29-3)21(17)27/h6-13,27H,4-5,14H2,1-3H3,(H,23,28). The van der Waals surface area contributed by atoms with Gasteiger partial charge in [0.15, 0.2) is 11.5 Å². The molecular formula is C22H25N3O4. The number of benzene rings is 2. The van der Waals surface area contributed by atoms with Crippen molar-refractivity contribution in [3.05, 3.63) is 54.2 Å². The van der Waals surface area contributed by atoms with Crippen LogP contribution < -0.4 is 10.1 Å². The van der Waals surface area contributed by atoms with Crippen molar-refractivity contribution in [3.63, 3.8) is 0 Å². The largest absolute Gasteiger partial charge is 0.504 e. The van der Waals surface area contributed by atoms with Crippen LogP contribution in [0, 0.1) is 0 Å². The van der Waals surface area contributed by atoms with Gasteiger partial charge in [-0.05, 0) is 50.2 Å². The van der Waals surface area contributed by atoms with E-state index < -0.39 is 5.91 Å². The van der Waals surface area contributed by atoms with Gasteiger partial charge >= 0.3 is 0 Å². The van der Waals surface area contributed by atoms with Gasteiger partial charge in [-0.3, -0.25) is 9.59 Å². The summed E-state index contributed by atoms with van der Waals surface area (Å²) >= 11 is 0. The molecule has 3 aromatic rings. The van der Waals surface area contributed by atoms with Crippen LogP contribution in [0.15, 0.2) is 48.7 Å². The lowest BCUT2D eigenvalue weighted by Crippen LogP contribution is -2.33. The van der Waals surface area contributed by atoms with Crippen LogP contribution in [-0.2, 0) is 11.3 Å². The number of phenols is 1. The first kappa shape index (κ1) is 20.3. The molecule has 0 unspecified atom stereocenters. The molecule has 152 valence electrons. The highest BCUT2D eigenvalue weighted by Crippen LogP contribution is 2.30. The van der Waals surface area contributed by atoms with Crippen LogP contribution in [0.2, 0.25) is 0 Å². The predicted octanol–water partition coefficient (Wildman–Crippen LogP) is 3.48. The van der Waals surface area contributed by atoms with E-state index in [0.717, 1.165) is 10.9 Å². The van der Waals surface area contributed by atoms with Gasteiger partial charge in [-0.15, -0.1) is 0 Å². The zero-order valence-electron chi connectivity index (χ0n) is 16.8. The molecular weight excluding hydrogens is 370 g/mol. The summed E-state index contributed by atoms with van der Waals surface area (Å²) in [7, 11) is 1.43. The predicted molar refractivity (Wildman–Crippen MR) is 112 cm³/mol. The maximum Gasteiger partial charge on any atom is 0.259 e. The Hall–Kier alpha value is -3.48. The van der Waals surface area contributed by atoms with E-state index in [2.05, 4.69) is 5.32 Å². The first-order valence-electron chi connectivity index (χ1n) is 9.52. The first-order chi connectivity index (χ1) is 14.0. The van der Waals surface area contributed by atoms with Crippen molar-refractivity contribution in [3.8, 4) is 11.5 Å². The van der Waals surface area contributed by atoms with E-state index in [1.807, 2.05) is 42.8 Å². The normalized spacial score (nSPS) is 10.7. The van der Waals surface area contributed by atoms with Crippen LogP contribution in [0.1, 0.15) is 24.2 Å². The van der Waals surface area contributed by atoms with E-state index in [-0.39, 0.29) is 29.5 Å². The van der Waals surface area contributed by atoms with Gasteiger partial charge in [0.25, 0.3) is 5.91 Å². The third-order valence-corrected chi connectivity index (χ3v) is 4.91. The number of hydrogen-bond donors (Lipinski definition) is 2. The molecule has 2 aromatic carbocycles. The van der Waals surface area contributed by atoms with Gasteiger partial charge in [0.1, 0.15) is 6.54 Å². The molecule has 1 aromatic heterocycles. The highest BCUT2D eigenvalue weighted by atomic mass is 16.5. The molecule has 29 heavy (non-hydrogen) atoms. The second-order valence-corrected chi connectivity index (χ2v) is 6.59. The summed E-state index contributed by atoms with van der Waals surface area (Å²) in [6.45, 7) is 5.56. The molecule has 0 radical (unpaired) electrons. The lowest BCUT2D eigenvalue weighted by atomic mass is 10.1. The highest BCUT2D eigenvalue weighted by Gasteiger charge is 2.16. The number of nitrogens with one attached hydrogen (secondary N) is 1. The molecule has 2 amide bonds. The molecule has 0 saturated heterocycles. The van der Waals surface area contributed by atoms with E-state index in [9.17, 15) is 14.7 Å². The number of methoxy groups -OCH3 is 1. The van der Waals surface area contributed by atoms with Crippen molar-refractivity contribution >= 4 is 28.4 Å². The first-order valence-corrected chi connectivity index (χ1v) is 9.52. The molecule has 0 bridgehead atoms. The number of para-hydroxylation sites is 1. The lowest BCUT2D eigenvalue weighted by Gasteiger charge is -2.19. The fourth-order valence-electron chi connectivity index (χ4n) is 3.31. The number of likely N-dealkylation sites (N-methyl/N-ethyl adjacent to an activating group) is 1. The number of carbonyl (C=O) groups is 2. The summed E-state index contributed by atoms with van der Waals surface area (Å²) < 4.78 is 6.95. The minimum absolute atomic E-state index is 0.0679. The number of amides is 2. The van der Waals surface area contributed by atoms with Crippen molar-refractivity contribution in [2.45, 2.75) is 20.4 Å². The molecule has 2 N–H and O–H groups in total. The molecule has 1 heterocycles. The molecule has 0 fully saturated rings. The molecule has 3 rings (SSSR count). The number of fused-ring (bicyclic) bond motifs is 1. The van der Waals surface area contributed by atoms with Crippen molar-refractivity contribution in [1.29, 1.82) is 0 Å². The maximum atomic E-state index is 12.5. The van der Waals surface area contributed by atoms with Crippen molar-refractivity contribution in [1.82, 2.24) is 9.47 Å². The number of phenolic OH excluding ortho intramolecular Hbond substituents is 1. The minimum atomic E-state index is -0.433. The number of ether oxygens (including phenoxy) is 1. The number of hydrogen-bond acceptors (Lipinski definition) is 4. The average molecular weight is 395 g/mol. The van der Waals surface area contributed by atoms with Crippen LogP contribution in [0.4, 0.5) is 5.69 Å². The topological polar surface area (TPSA) is 83.8 Å². The molecule has 0 saturated carbocycles. The number of carbonyl (C=O) groups excluding carboxylic acids is 2. The quantitative estimate of drug-likeness (QED) is 0.642. The Balaban J connectivity index is 1.79. The number of aromatic hydroxyl groups is 1. The fourth-order valence-corrected chi connectivity index (χ4v) is 3.31. The zero-order chi connectivity index (χ0) is 21.0. The van der Waals surface area contributed by atoms with Crippen LogP contribution >= 0.6 is 0 Å². The number of aromatic nitrogens is 1. The third kappa shape index (κ3) is 4.18. The SMILES string of the molecule is CCN(CC)C(=O)Cn1ccc2cc(NC(=O)c3cccc(OC)c3O)ccc21. The Labute approximate surface area is 169 Å².